The highest BCUT2D eigenvalue weighted by Crippen LogP contribution is 2.14. The largest absolute Gasteiger partial charge is 0.398 e. The molecule has 86 valence electrons. The van der Waals surface area contributed by atoms with E-state index >= 15 is 0 Å². The lowest BCUT2D eigenvalue weighted by Gasteiger charge is -2.04. The highest BCUT2D eigenvalue weighted by atomic mass is 16.1. The van der Waals surface area contributed by atoms with E-state index in [0.29, 0.717) is 17.7 Å². The van der Waals surface area contributed by atoms with Crippen LogP contribution in [0.15, 0.2) is 48.8 Å². The zero-order chi connectivity index (χ0) is 12.1. The summed E-state index contributed by atoms with van der Waals surface area (Å²) in [4.78, 5) is 15.9. The number of para-hydroxylation sites is 1. The number of rotatable bonds is 4. The molecule has 1 heterocycles. The lowest BCUT2D eigenvalue weighted by Crippen LogP contribution is -2.04. The topological polar surface area (TPSA) is 56.0 Å². The summed E-state index contributed by atoms with van der Waals surface area (Å²) >= 11 is 0. The van der Waals surface area contributed by atoms with Gasteiger partial charge in [0.05, 0.1) is 0 Å². The van der Waals surface area contributed by atoms with E-state index in [1.807, 2.05) is 24.3 Å². The normalized spacial score (nSPS) is 10.1. The molecule has 0 unspecified atom stereocenters. The number of nitrogens with two attached hydrogens (primary N) is 1. The van der Waals surface area contributed by atoms with Crippen molar-refractivity contribution in [3.05, 3.63) is 59.9 Å². The summed E-state index contributed by atoms with van der Waals surface area (Å²) < 4.78 is 0. The van der Waals surface area contributed by atoms with E-state index in [-0.39, 0.29) is 5.78 Å². The first-order valence-electron chi connectivity index (χ1n) is 5.54. The summed E-state index contributed by atoms with van der Waals surface area (Å²) in [6.45, 7) is 0. The van der Waals surface area contributed by atoms with Crippen LogP contribution in [0.4, 0.5) is 5.69 Å². The SMILES string of the molecule is Nc1ccccc1C(=O)CCc1ccncc1. The first-order chi connectivity index (χ1) is 8.27. The molecule has 0 amide bonds. The molecule has 17 heavy (non-hydrogen) atoms. The highest BCUT2D eigenvalue weighted by molar-refractivity contribution is 6.00. The van der Waals surface area contributed by atoms with Crippen molar-refractivity contribution in [1.29, 1.82) is 0 Å². The van der Waals surface area contributed by atoms with Crippen LogP contribution in [0.25, 0.3) is 0 Å². The van der Waals surface area contributed by atoms with Crippen molar-refractivity contribution in [3.63, 3.8) is 0 Å². The van der Waals surface area contributed by atoms with Crippen molar-refractivity contribution in [2.75, 3.05) is 5.73 Å². The van der Waals surface area contributed by atoms with Gasteiger partial charge in [0.1, 0.15) is 0 Å². The summed E-state index contributed by atoms with van der Waals surface area (Å²) in [6.07, 6.45) is 4.65. The van der Waals surface area contributed by atoms with Crippen molar-refractivity contribution in [2.24, 2.45) is 0 Å². The number of carbonyl (C=O) groups is 1. The number of ketones is 1. The van der Waals surface area contributed by atoms with Gasteiger partial charge in [0.2, 0.25) is 0 Å². The van der Waals surface area contributed by atoms with Crippen molar-refractivity contribution < 1.29 is 4.79 Å². The molecule has 1 aromatic heterocycles. The number of hydrogen-bond acceptors (Lipinski definition) is 3. The van der Waals surface area contributed by atoms with Crippen LogP contribution in [-0.2, 0) is 6.42 Å². The van der Waals surface area contributed by atoms with Gasteiger partial charge in [0, 0.05) is 30.1 Å². The van der Waals surface area contributed by atoms with Gasteiger partial charge in [-0.25, -0.2) is 0 Å². The summed E-state index contributed by atoms with van der Waals surface area (Å²) in [6, 6.07) is 11.0. The number of Topliss-reactive ketones (excluding diaryl/α,β-unsaturated/α-hetero) is 1. The third-order valence-corrected chi connectivity index (χ3v) is 2.65. The first-order valence-corrected chi connectivity index (χ1v) is 5.54. The van der Waals surface area contributed by atoms with Crippen molar-refractivity contribution in [3.8, 4) is 0 Å². The quantitative estimate of drug-likeness (QED) is 0.643. The molecule has 3 heteroatoms. The third kappa shape index (κ3) is 2.91. The molecule has 3 nitrogen and oxygen atoms in total. The fourth-order valence-electron chi connectivity index (χ4n) is 1.69. The maximum Gasteiger partial charge on any atom is 0.165 e. The van der Waals surface area contributed by atoms with Gasteiger partial charge < -0.3 is 5.73 Å². The predicted octanol–water partition coefficient (Wildman–Crippen LogP) is 2.48. The highest BCUT2D eigenvalue weighted by Gasteiger charge is 2.08. The van der Waals surface area contributed by atoms with Crippen molar-refractivity contribution >= 4 is 11.5 Å². The second-order valence-corrected chi connectivity index (χ2v) is 3.87. The van der Waals surface area contributed by atoms with Crippen molar-refractivity contribution in [1.82, 2.24) is 4.98 Å². The van der Waals surface area contributed by atoms with Gasteiger partial charge in [-0.15, -0.1) is 0 Å². The fourth-order valence-corrected chi connectivity index (χ4v) is 1.69. The van der Waals surface area contributed by atoms with Gasteiger partial charge in [-0.2, -0.15) is 0 Å². The molecule has 0 saturated heterocycles. The minimum atomic E-state index is 0.0833. The molecule has 0 fully saturated rings. The number of aryl methyl sites for hydroxylation is 1. The zero-order valence-electron chi connectivity index (χ0n) is 9.47. The van der Waals surface area contributed by atoms with Crippen LogP contribution in [0.3, 0.4) is 0 Å². The molecular weight excluding hydrogens is 212 g/mol. The Kier molecular flexibility index (Phi) is 3.50. The molecule has 0 spiro atoms. The van der Waals surface area contributed by atoms with Gasteiger partial charge in [0.15, 0.2) is 5.78 Å². The van der Waals surface area contributed by atoms with E-state index in [1.165, 1.54) is 0 Å². The molecule has 2 aromatic rings. The van der Waals surface area contributed by atoms with E-state index in [4.69, 9.17) is 5.73 Å². The Bertz CT molecular complexity index is 509. The Morgan fingerprint density at radius 3 is 2.53 bits per heavy atom. The lowest BCUT2D eigenvalue weighted by atomic mass is 10.0. The van der Waals surface area contributed by atoms with Gasteiger partial charge in [-0.05, 0) is 36.2 Å². The smallest absolute Gasteiger partial charge is 0.165 e. The van der Waals surface area contributed by atoms with E-state index in [9.17, 15) is 4.79 Å². The van der Waals surface area contributed by atoms with Crippen LogP contribution in [0.5, 0.6) is 0 Å². The molecule has 2 N–H and O–H groups in total. The van der Waals surface area contributed by atoms with Gasteiger partial charge in [0.25, 0.3) is 0 Å². The number of anilines is 1. The van der Waals surface area contributed by atoms with Crippen LogP contribution < -0.4 is 5.73 Å². The average molecular weight is 226 g/mol. The monoisotopic (exact) mass is 226 g/mol. The van der Waals surface area contributed by atoms with Crippen LogP contribution in [-0.4, -0.2) is 10.8 Å². The first kappa shape index (κ1) is 11.3. The van der Waals surface area contributed by atoms with E-state index in [2.05, 4.69) is 4.98 Å². The number of nitrogen functional groups attached to an aromatic ring is 1. The maximum atomic E-state index is 11.9. The molecule has 0 bridgehead atoms. The molecule has 0 aliphatic carbocycles. The minimum Gasteiger partial charge on any atom is -0.398 e. The second kappa shape index (κ2) is 5.25. The number of aromatic nitrogens is 1. The van der Waals surface area contributed by atoms with Crippen LogP contribution in [0.2, 0.25) is 0 Å². The number of hydrogen-bond donors (Lipinski definition) is 1. The molecular formula is C14H14N2O. The molecule has 0 radical (unpaired) electrons. The fraction of sp³-hybridized carbons (Fsp3) is 0.143. The molecule has 0 aliphatic rings. The summed E-state index contributed by atoms with van der Waals surface area (Å²) in [7, 11) is 0. The second-order valence-electron chi connectivity index (χ2n) is 3.87. The minimum absolute atomic E-state index is 0.0833. The Morgan fingerprint density at radius 2 is 1.82 bits per heavy atom. The number of carbonyl (C=O) groups excluding carboxylic acids is 1. The van der Waals surface area contributed by atoms with Crippen LogP contribution >= 0.6 is 0 Å². The van der Waals surface area contributed by atoms with Gasteiger partial charge in [-0.1, -0.05) is 12.1 Å². The molecule has 0 aliphatic heterocycles. The maximum absolute atomic E-state index is 11.9. The number of nitrogens with zero attached hydrogens (tertiary/aromatic N) is 1. The number of benzene rings is 1. The summed E-state index contributed by atoms with van der Waals surface area (Å²) in [5.41, 5.74) is 8.03. The van der Waals surface area contributed by atoms with E-state index in [1.54, 1.807) is 24.5 Å². The Labute approximate surface area is 100 Å². The summed E-state index contributed by atoms with van der Waals surface area (Å²) in [5, 5.41) is 0. The lowest BCUT2D eigenvalue weighted by molar-refractivity contribution is 0.0983. The van der Waals surface area contributed by atoms with Crippen LogP contribution in [0, 0.1) is 0 Å². The van der Waals surface area contributed by atoms with Gasteiger partial charge in [-0.3, -0.25) is 9.78 Å². The van der Waals surface area contributed by atoms with E-state index < -0.39 is 0 Å². The van der Waals surface area contributed by atoms with Crippen molar-refractivity contribution in [2.45, 2.75) is 12.8 Å². The standard InChI is InChI=1S/C14H14N2O/c15-13-4-2-1-3-12(13)14(17)6-5-11-7-9-16-10-8-11/h1-4,7-10H,5-6,15H2. The molecule has 0 atom stereocenters. The average Bonchev–Trinajstić information content (AvgIpc) is 2.38. The Morgan fingerprint density at radius 1 is 1.12 bits per heavy atom. The summed E-state index contributed by atoms with van der Waals surface area (Å²) in [5.74, 6) is 0.0833. The third-order valence-electron chi connectivity index (χ3n) is 2.65. The van der Waals surface area contributed by atoms with Crippen LogP contribution in [0.1, 0.15) is 22.3 Å². The zero-order valence-corrected chi connectivity index (χ0v) is 9.47. The number of pyridine rings is 1. The molecule has 1 aromatic carbocycles. The molecule has 0 saturated carbocycles. The Hall–Kier alpha value is -2.16. The van der Waals surface area contributed by atoms with Gasteiger partial charge >= 0.3 is 0 Å². The Balaban J connectivity index is 2.01. The predicted molar refractivity (Wildman–Crippen MR) is 67.7 cm³/mol. The van der Waals surface area contributed by atoms with E-state index in [0.717, 1.165) is 12.0 Å². The molecule has 2 rings (SSSR count).